The lowest BCUT2D eigenvalue weighted by molar-refractivity contribution is -0.390. The fourth-order valence-corrected chi connectivity index (χ4v) is 6.65. The van der Waals surface area contributed by atoms with Gasteiger partial charge in [0.2, 0.25) is 5.82 Å². The van der Waals surface area contributed by atoms with Gasteiger partial charge in [0.25, 0.3) is 0 Å². The Kier molecular flexibility index (Phi) is 3.24. The second kappa shape index (κ2) is 4.62. The van der Waals surface area contributed by atoms with Crippen LogP contribution in [0.25, 0.3) is 0 Å². The molecule has 9 heteroatoms. The molecule has 0 saturated heterocycles. The zero-order valence-electron chi connectivity index (χ0n) is 13.3. The molecule has 0 spiro atoms. The van der Waals surface area contributed by atoms with Crippen LogP contribution in [0.15, 0.2) is 6.20 Å². The predicted molar refractivity (Wildman–Crippen MR) is 81.4 cm³/mol. The molecule has 0 aromatic carbocycles. The van der Waals surface area contributed by atoms with Crippen molar-refractivity contribution in [2.24, 2.45) is 16.7 Å². The maximum atomic E-state index is 12.9. The number of nitro groups is 1. The van der Waals surface area contributed by atoms with E-state index >= 15 is 0 Å². The molecule has 126 valence electrons. The first-order valence-electron chi connectivity index (χ1n) is 7.48. The first-order chi connectivity index (χ1) is 10.5. The average Bonchev–Trinajstić information content (AvgIpc) is 2.97. The van der Waals surface area contributed by atoms with E-state index in [1.165, 1.54) is 6.92 Å². The Morgan fingerprint density at radius 3 is 2.61 bits per heavy atom. The Labute approximate surface area is 134 Å². The first kappa shape index (κ1) is 16.1. The van der Waals surface area contributed by atoms with Crippen molar-refractivity contribution in [3.8, 4) is 0 Å². The van der Waals surface area contributed by atoms with E-state index in [4.69, 9.17) is 0 Å². The molecule has 2 saturated carbocycles. The van der Waals surface area contributed by atoms with Gasteiger partial charge in [-0.3, -0.25) is 4.79 Å². The van der Waals surface area contributed by atoms with Crippen molar-refractivity contribution in [1.29, 1.82) is 0 Å². The largest absolute Gasteiger partial charge is 0.358 e. The molecule has 2 aliphatic carbocycles. The highest BCUT2D eigenvalue weighted by Crippen LogP contribution is 2.64. The van der Waals surface area contributed by atoms with Crippen LogP contribution in [-0.4, -0.2) is 33.8 Å². The van der Waals surface area contributed by atoms with Crippen LogP contribution >= 0.6 is 0 Å². The topological polar surface area (TPSA) is 112 Å². The summed E-state index contributed by atoms with van der Waals surface area (Å²) in [6, 6.07) is 0. The normalized spacial score (nSPS) is 29.2. The van der Waals surface area contributed by atoms with Crippen molar-refractivity contribution in [3.05, 3.63) is 22.1 Å². The molecule has 2 bridgehead atoms. The van der Waals surface area contributed by atoms with Gasteiger partial charge in [0, 0.05) is 13.3 Å². The number of aryl methyl sites for hydroxylation is 1. The van der Waals surface area contributed by atoms with E-state index in [1.807, 2.05) is 13.8 Å². The van der Waals surface area contributed by atoms with E-state index in [0.29, 0.717) is 16.8 Å². The fraction of sp³-hybridized carbons (Fsp3) is 0.714. The molecular formula is C14H19N3O5S. The molecule has 2 fully saturated rings. The molecule has 1 aromatic rings. The number of hydrogen-bond donors (Lipinski definition) is 0. The molecule has 8 nitrogen and oxygen atoms in total. The molecule has 0 unspecified atom stereocenters. The van der Waals surface area contributed by atoms with Gasteiger partial charge < -0.3 is 10.1 Å². The molecule has 2 aliphatic rings. The lowest BCUT2D eigenvalue weighted by Crippen LogP contribution is -2.43. The highest BCUT2D eigenvalue weighted by atomic mass is 32.2. The summed E-state index contributed by atoms with van der Waals surface area (Å²) in [7, 11) is -4.06. The maximum absolute atomic E-state index is 12.9. The van der Waals surface area contributed by atoms with E-state index in [2.05, 4.69) is 4.98 Å². The molecule has 1 aromatic heterocycles. The summed E-state index contributed by atoms with van der Waals surface area (Å²) in [5.41, 5.74) is -1.37. The van der Waals surface area contributed by atoms with E-state index in [9.17, 15) is 23.3 Å². The Morgan fingerprint density at radius 1 is 1.48 bits per heavy atom. The molecule has 23 heavy (non-hydrogen) atoms. The van der Waals surface area contributed by atoms with Crippen molar-refractivity contribution in [2.45, 2.75) is 40.0 Å². The number of aromatic nitrogens is 2. The van der Waals surface area contributed by atoms with Crippen LogP contribution in [0.2, 0.25) is 0 Å². The van der Waals surface area contributed by atoms with Crippen LogP contribution in [0.3, 0.4) is 0 Å². The molecule has 0 radical (unpaired) electrons. The minimum atomic E-state index is -4.06. The number of fused-ring (bicyclic) bond motifs is 2. The van der Waals surface area contributed by atoms with Crippen LogP contribution in [0, 0.1) is 33.8 Å². The predicted octanol–water partition coefficient (Wildman–Crippen LogP) is 1.67. The zero-order chi connectivity index (χ0) is 17.2. The highest BCUT2D eigenvalue weighted by molar-refractivity contribution is 7.90. The van der Waals surface area contributed by atoms with Crippen LogP contribution < -0.4 is 0 Å². The maximum Gasteiger partial charge on any atom is 0.358 e. The van der Waals surface area contributed by atoms with Crippen molar-refractivity contribution < 1.29 is 18.1 Å². The smallest absolute Gasteiger partial charge is 0.358 e. The zero-order valence-corrected chi connectivity index (χ0v) is 14.1. The summed E-state index contributed by atoms with van der Waals surface area (Å²) >= 11 is 0. The third-order valence-electron chi connectivity index (χ3n) is 5.90. The summed E-state index contributed by atoms with van der Waals surface area (Å²) in [6.07, 6.45) is 2.67. The molecule has 0 N–H and O–H groups in total. The third-order valence-corrected chi connectivity index (χ3v) is 7.77. The van der Waals surface area contributed by atoms with Gasteiger partial charge in [-0.05, 0) is 29.1 Å². The number of imidazole rings is 1. The summed E-state index contributed by atoms with van der Waals surface area (Å²) in [5.74, 6) is -0.810. The van der Waals surface area contributed by atoms with E-state index in [-0.39, 0.29) is 17.5 Å². The van der Waals surface area contributed by atoms with Gasteiger partial charge >= 0.3 is 15.8 Å². The van der Waals surface area contributed by atoms with Gasteiger partial charge in [0.1, 0.15) is 17.7 Å². The molecule has 3 rings (SSSR count). The second-order valence-electron chi connectivity index (χ2n) is 7.11. The summed E-state index contributed by atoms with van der Waals surface area (Å²) in [5, 5.41) is 11.1. The van der Waals surface area contributed by atoms with Crippen molar-refractivity contribution in [1.82, 2.24) is 8.96 Å². The second-order valence-corrected chi connectivity index (χ2v) is 8.93. The Morgan fingerprint density at radius 2 is 2.13 bits per heavy atom. The summed E-state index contributed by atoms with van der Waals surface area (Å²) in [6.45, 7) is 5.27. The Balaban J connectivity index is 2.08. The first-order valence-corrected chi connectivity index (χ1v) is 9.09. The molecule has 0 amide bonds. The van der Waals surface area contributed by atoms with E-state index < -0.39 is 37.3 Å². The van der Waals surface area contributed by atoms with E-state index in [0.717, 1.165) is 12.6 Å². The van der Waals surface area contributed by atoms with Crippen molar-refractivity contribution >= 4 is 21.6 Å². The SMILES string of the molecule is Cc1ncc([N+](=O)[O-])n1S(=O)(=O)C[C@]12CC[C@H](CC1=O)C2(C)C. The van der Waals surface area contributed by atoms with Crippen LogP contribution in [0.4, 0.5) is 5.82 Å². The van der Waals surface area contributed by atoms with Crippen LogP contribution in [-0.2, 0) is 14.8 Å². The molecule has 0 aliphatic heterocycles. The van der Waals surface area contributed by atoms with Crippen LogP contribution in [0.1, 0.15) is 38.9 Å². The number of nitrogens with zero attached hydrogens (tertiary/aromatic N) is 3. The van der Waals surface area contributed by atoms with Crippen molar-refractivity contribution in [3.63, 3.8) is 0 Å². The van der Waals surface area contributed by atoms with E-state index in [1.54, 1.807) is 0 Å². The quantitative estimate of drug-likeness (QED) is 0.608. The van der Waals surface area contributed by atoms with Gasteiger partial charge in [-0.25, -0.2) is 4.98 Å². The number of rotatable bonds is 4. The standard InChI is InChI=1S/C14H19N3O5S/c1-9-15-7-12(17(19)20)16(9)23(21,22)8-14-5-4-10(6-11(14)18)13(14,2)3/h7,10H,4-6,8H2,1-3H3/t10-,14-/m1/s1. The summed E-state index contributed by atoms with van der Waals surface area (Å²) in [4.78, 5) is 26.6. The monoisotopic (exact) mass is 341 g/mol. The lowest BCUT2D eigenvalue weighted by Gasteiger charge is -2.35. The van der Waals surface area contributed by atoms with Crippen molar-refractivity contribution in [2.75, 3.05) is 5.75 Å². The number of carbonyl (C=O) groups is 1. The fourth-order valence-electron chi connectivity index (χ4n) is 4.37. The lowest BCUT2D eigenvalue weighted by atomic mass is 9.70. The summed E-state index contributed by atoms with van der Waals surface area (Å²) < 4.78 is 26.4. The average molecular weight is 341 g/mol. The Bertz CT molecular complexity index is 810. The number of hydrogen-bond acceptors (Lipinski definition) is 6. The molecular weight excluding hydrogens is 322 g/mol. The Hall–Kier alpha value is -1.77. The molecule has 2 atom stereocenters. The minimum Gasteiger partial charge on any atom is -0.358 e. The third kappa shape index (κ3) is 1.98. The number of Topliss-reactive ketones (excluding diaryl/α,β-unsaturated/α-hetero) is 1. The van der Waals surface area contributed by atoms with Gasteiger partial charge in [-0.15, -0.1) is 0 Å². The number of carbonyl (C=O) groups excluding carboxylic acids is 1. The van der Waals surface area contributed by atoms with Gasteiger partial charge in [-0.2, -0.15) is 8.42 Å². The number of ketones is 1. The highest BCUT2D eigenvalue weighted by Gasteiger charge is 2.66. The van der Waals surface area contributed by atoms with Gasteiger partial charge in [0.15, 0.2) is 0 Å². The van der Waals surface area contributed by atoms with Gasteiger partial charge in [0.05, 0.1) is 5.41 Å². The minimum absolute atomic E-state index is 0.0332. The molecule has 1 heterocycles. The van der Waals surface area contributed by atoms with Crippen LogP contribution in [0.5, 0.6) is 0 Å². The van der Waals surface area contributed by atoms with Gasteiger partial charge in [-0.1, -0.05) is 17.8 Å².